The minimum atomic E-state index is -0.658. The van der Waals surface area contributed by atoms with Crippen molar-refractivity contribution in [3.63, 3.8) is 0 Å². The fourth-order valence-electron chi connectivity index (χ4n) is 2.79. The molecule has 1 saturated carbocycles. The van der Waals surface area contributed by atoms with E-state index in [2.05, 4.69) is 38.2 Å². The molecule has 0 aliphatic heterocycles. The van der Waals surface area contributed by atoms with Gasteiger partial charge >= 0.3 is 0 Å². The SMILES string of the molecule is CC(C)(C)c1ccc(OCCNC(=O)C2(N)CCCC2)cc1. The highest BCUT2D eigenvalue weighted by atomic mass is 16.5. The first-order valence-electron chi connectivity index (χ1n) is 8.12. The first kappa shape index (κ1) is 16.8. The van der Waals surface area contributed by atoms with Gasteiger partial charge in [-0.2, -0.15) is 0 Å². The summed E-state index contributed by atoms with van der Waals surface area (Å²) < 4.78 is 5.66. The second-order valence-electron chi connectivity index (χ2n) is 7.24. The maximum Gasteiger partial charge on any atom is 0.240 e. The van der Waals surface area contributed by atoms with E-state index in [0.29, 0.717) is 13.2 Å². The molecule has 0 unspecified atom stereocenters. The highest BCUT2D eigenvalue weighted by molar-refractivity contribution is 5.86. The van der Waals surface area contributed by atoms with E-state index < -0.39 is 5.54 Å². The van der Waals surface area contributed by atoms with Crippen LogP contribution in [-0.4, -0.2) is 24.6 Å². The quantitative estimate of drug-likeness (QED) is 0.822. The lowest BCUT2D eigenvalue weighted by molar-refractivity contribution is -0.126. The number of hydrogen-bond donors (Lipinski definition) is 2. The lowest BCUT2D eigenvalue weighted by Gasteiger charge is -2.22. The molecule has 0 aromatic heterocycles. The number of amides is 1. The summed E-state index contributed by atoms with van der Waals surface area (Å²) in [6.45, 7) is 7.49. The third-order valence-electron chi connectivity index (χ3n) is 4.32. The molecule has 2 rings (SSSR count). The number of hydrogen-bond acceptors (Lipinski definition) is 3. The molecule has 1 aliphatic carbocycles. The van der Waals surface area contributed by atoms with Gasteiger partial charge in [0, 0.05) is 0 Å². The van der Waals surface area contributed by atoms with Crippen molar-refractivity contribution >= 4 is 5.91 Å². The van der Waals surface area contributed by atoms with Crippen LogP contribution in [0.2, 0.25) is 0 Å². The monoisotopic (exact) mass is 304 g/mol. The zero-order valence-corrected chi connectivity index (χ0v) is 13.9. The molecule has 122 valence electrons. The summed E-state index contributed by atoms with van der Waals surface area (Å²) in [7, 11) is 0. The average molecular weight is 304 g/mol. The summed E-state index contributed by atoms with van der Waals surface area (Å²) >= 11 is 0. The van der Waals surface area contributed by atoms with Gasteiger partial charge in [-0.25, -0.2) is 0 Å². The van der Waals surface area contributed by atoms with Crippen LogP contribution in [0.1, 0.15) is 52.0 Å². The Morgan fingerprint density at radius 1 is 1.23 bits per heavy atom. The molecule has 0 atom stereocenters. The smallest absolute Gasteiger partial charge is 0.240 e. The Bertz CT molecular complexity index is 497. The van der Waals surface area contributed by atoms with Gasteiger partial charge in [0.05, 0.1) is 12.1 Å². The van der Waals surface area contributed by atoms with E-state index in [1.165, 1.54) is 5.56 Å². The van der Waals surface area contributed by atoms with Crippen molar-refractivity contribution in [2.45, 2.75) is 57.4 Å². The molecular formula is C18H28N2O2. The van der Waals surface area contributed by atoms with Crippen LogP contribution in [0, 0.1) is 0 Å². The molecule has 1 aromatic carbocycles. The third-order valence-corrected chi connectivity index (χ3v) is 4.32. The summed E-state index contributed by atoms with van der Waals surface area (Å²) in [4.78, 5) is 12.0. The number of ether oxygens (including phenoxy) is 1. The minimum Gasteiger partial charge on any atom is -0.492 e. The standard InChI is InChI=1S/C18H28N2O2/c1-17(2,3)14-6-8-15(9-7-14)22-13-12-20-16(21)18(19)10-4-5-11-18/h6-9H,4-5,10-13,19H2,1-3H3,(H,20,21). The Morgan fingerprint density at radius 3 is 2.36 bits per heavy atom. The van der Waals surface area contributed by atoms with Crippen molar-refractivity contribution in [3.05, 3.63) is 29.8 Å². The van der Waals surface area contributed by atoms with Crippen LogP contribution in [0.15, 0.2) is 24.3 Å². The van der Waals surface area contributed by atoms with E-state index in [1.54, 1.807) is 0 Å². The topological polar surface area (TPSA) is 64.3 Å². The summed E-state index contributed by atoms with van der Waals surface area (Å²) in [5.74, 6) is 0.780. The Labute approximate surface area is 133 Å². The highest BCUT2D eigenvalue weighted by Crippen LogP contribution is 2.27. The average Bonchev–Trinajstić information content (AvgIpc) is 2.91. The molecule has 0 heterocycles. The second-order valence-corrected chi connectivity index (χ2v) is 7.24. The summed E-state index contributed by atoms with van der Waals surface area (Å²) in [5.41, 5.74) is 6.86. The predicted octanol–water partition coefficient (Wildman–Crippen LogP) is 2.75. The number of benzene rings is 1. The van der Waals surface area contributed by atoms with Crippen LogP contribution < -0.4 is 15.8 Å². The molecule has 1 aliphatic rings. The Hall–Kier alpha value is -1.55. The van der Waals surface area contributed by atoms with Gasteiger partial charge in [-0.1, -0.05) is 45.7 Å². The number of nitrogens with two attached hydrogens (primary N) is 1. The van der Waals surface area contributed by atoms with Crippen LogP contribution in [0.5, 0.6) is 5.75 Å². The second kappa shape index (κ2) is 6.69. The number of carbonyl (C=O) groups is 1. The van der Waals surface area contributed by atoms with E-state index in [0.717, 1.165) is 31.4 Å². The molecule has 4 heteroatoms. The van der Waals surface area contributed by atoms with Gasteiger partial charge in [-0.05, 0) is 36.0 Å². The van der Waals surface area contributed by atoms with Crippen LogP contribution in [-0.2, 0) is 10.2 Å². The minimum absolute atomic E-state index is 0.0447. The molecule has 4 nitrogen and oxygen atoms in total. The molecule has 1 fully saturated rings. The number of rotatable bonds is 5. The lowest BCUT2D eigenvalue weighted by atomic mass is 9.87. The van der Waals surface area contributed by atoms with Gasteiger partial charge < -0.3 is 15.8 Å². The molecule has 1 aromatic rings. The van der Waals surface area contributed by atoms with Crippen molar-refractivity contribution in [3.8, 4) is 5.75 Å². The first-order valence-corrected chi connectivity index (χ1v) is 8.12. The predicted molar refractivity (Wildman–Crippen MR) is 89.0 cm³/mol. The summed E-state index contributed by atoms with van der Waals surface area (Å²) in [5, 5.41) is 2.88. The van der Waals surface area contributed by atoms with E-state index in [-0.39, 0.29) is 11.3 Å². The van der Waals surface area contributed by atoms with Crippen LogP contribution in [0.25, 0.3) is 0 Å². The van der Waals surface area contributed by atoms with E-state index in [1.807, 2.05) is 12.1 Å². The van der Waals surface area contributed by atoms with E-state index >= 15 is 0 Å². The zero-order valence-electron chi connectivity index (χ0n) is 13.9. The maximum atomic E-state index is 12.0. The lowest BCUT2D eigenvalue weighted by Crippen LogP contribution is -2.52. The van der Waals surface area contributed by atoms with Gasteiger partial charge in [0.1, 0.15) is 12.4 Å². The molecule has 22 heavy (non-hydrogen) atoms. The molecule has 1 amide bonds. The van der Waals surface area contributed by atoms with Crippen molar-refractivity contribution in [2.75, 3.05) is 13.2 Å². The normalized spacial score (nSPS) is 17.3. The van der Waals surface area contributed by atoms with E-state index in [9.17, 15) is 4.79 Å². The first-order chi connectivity index (χ1) is 10.3. The molecule has 3 N–H and O–H groups in total. The van der Waals surface area contributed by atoms with Crippen LogP contribution in [0.3, 0.4) is 0 Å². The van der Waals surface area contributed by atoms with Gasteiger partial charge in [-0.15, -0.1) is 0 Å². The molecule has 0 radical (unpaired) electrons. The van der Waals surface area contributed by atoms with Gasteiger partial charge in [0.15, 0.2) is 0 Å². The van der Waals surface area contributed by atoms with Crippen LogP contribution >= 0.6 is 0 Å². The van der Waals surface area contributed by atoms with Crippen LogP contribution in [0.4, 0.5) is 0 Å². The van der Waals surface area contributed by atoms with Crippen molar-refractivity contribution in [1.82, 2.24) is 5.32 Å². The van der Waals surface area contributed by atoms with Gasteiger partial charge in [0.2, 0.25) is 5.91 Å². The van der Waals surface area contributed by atoms with Gasteiger partial charge in [-0.3, -0.25) is 4.79 Å². The van der Waals surface area contributed by atoms with Crippen molar-refractivity contribution in [1.29, 1.82) is 0 Å². The number of carbonyl (C=O) groups excluding carboxylic acids is 1. The number of nitrogens with one attached hydrogen (secondary N) is 1. The third kappa shape index (κ3) is 4.23. The molecular weight excluding hydrogens is 276 g/mol. The molecule has 0 bridgehead atoms. The van der Waals surface area contributed by atoms with Crippen molar-refractivity contribution in [2.24, 2.45) is 5.73 Å². The Balaban J connectivity index is 1.74. The van der Waals surface area contributed by atoms with Crippen molar-refractivity contribution < 1.29 is 9.53 Å². The Morgan fingerprint density at radius 2 is 1.82 bits per heavy atom. The largest absolute Gasteiger partial charge is 0.492 e. The maximum absolute atomic E-state index is 12.0. The fraction of sp³-hybridized carbons (Fsp3) is 0.611. The van der Waals surface area contributed by atoms with Gasteiger partial charge in [0.25, 0.3) is 0 Å². The fourth-order valence-corrected chi connectivity index (χ4v) is 2.79. The highest BCUT2D eigenvalue weighted by Gasteiger charge is 2.36. The molecule has 0 saturated heterocycles. The Kier molecular flexibility index (Phi) is 5.12. The summed E-state index contributed by atoms with van der Waals surface area (Å²) in [6.07, 6.45) is 3.66. The van der Waals surface area contributed by atoms with E-state index in [4.69, 9.17) is 10.5 Å². The zero-order chi connectivity index (χ0) is 16.2. The summed E-state index contributed by atoms with van der Waals surface area (Å²) in [6, 6.07) is 8.12. The molecule has 0 spiro atoms.